The first-order valence-electron chi connectivity index (χ1n) is 6.14. The van der Waals surface area contributed by atoms with Gasteiger partial charge in [-0.25, -0.2) is 0 Å². The van der Waals surface area contributed by atoms with Crippen LogP contribution >= 0.6 is 22.9 Å². The predicted octanol–water partition coefficient (Wildman–Crippen LogP) is 3.06. The lowest BCUT2D eigenvalue weighted by Gasteiger charge is -2.17. The Labute approximate surface area is 111 Å². The molecule has 2 rings (SSSR count). The van der Waals surface area contributed by atoms with E-state index in [2.05, 4.69) is 5.32 Å². The highest BCUT2D eigenvalue weighted by Gasteiger charge is 2.26. The van der Waals surface area contributed by atoms with Gasteiger partial charge >= 0.3 is 0 Å². The Morgan fingerprint density at radius 2 is 2.29 bits per heavy atom. The second kappa shape index (κ2) is 6.41. The van der Waals surface area contributed by atoms with E-state index >= 15 is 0 Å². The van der Waals surface area contributed by atoms with E-state index in [-0.39, 0.29) is 5.91 Å². The van der Waals surface area contributed by atoms with E-state index < -0.39 is 0 Å². The number of hydrogen-bond donors (Lipinski definition) is 1. The van der Waals surface area contributed by atoms with Gasteiger partial charge in [-0.1, -0.05) is 12.5 Å². The summed E-state index contributed by atoms with van der Waals surface area (Å²) in [7, 11) is 0. The van der Waals surface area contributed by atoms with Crippen molar-refractivity contribution in [1.29, 1.82) is 0 Å². The summed E-state index contributed by atoms with van der Waals surface area (Å²) in [5.41, 5.74) is 0. The van der Waals surface area contributed by atoms with Crippen LogP contribution in [-0.2, 0) is 11.2 Å². The molecule has 0 radical (unpaired) electrons. The number of hydrogen-bond acceptors (Lipinski definition) is 2. The first-order chi connectivity index (χ1) is 8.29. The number of carbonyl (C=O) groups is 1. The standard InChI is InChI=1S/C13H18ClNOS/c14-8-10-3-1-4-11(10)9-15-13(16)7-12-5-2-6-17-12/h2,5-6,10-11H,1,3-4,7-9H2,(H,15,16). The summed E-state index contributed by atoms with van der Waals surface area (Å²) in [6, 6.07) is 3.98. The molecule has 0 spiro atoms. The van der Waals surface area contributed by atoms with E-state index in [9.17, 15) is 4.79 Å². The van der Waals surface area contributed by atoms with Gasteiger partial charge in [0.2, 0.25) is 5.91 Å². The molecule has 1 aliphatic rings. The zero-order valence-electron chi connectivity index (χ0n) is 9.82. The zero-order chi connectivity index (χ0) is 12.1. The largest absolute Gasteiger partial charge is 0.356 e. The summed E-state index contributed by atoms with van der Waals surface area (Å²) in [6.45, 7) is 0.793. The van der Waals surface area contributed by atoms with Crippen LogP contribution in [0.15, 0.2) is 17.5 Å². The third-order valence-corrected chi connectivity index (χ3v) is 4.76. The van der Waals surface area contributed by atoms with Gasteiger partial charge in [-0.05, 0) is 36.1 Å². The van der Waals surface area contributed by atoms with Gasteiger partial charge in [-0.2, -0.15) is 0 Å². The molecule has 94 valence electrons. The van der Waals surface area contributed by atoms with Crippen molar-refractivity contribution in [2.75, 3.05) is 12.4 Å². The second-order valence-corrected chi connectivity index (χ2v) is 6.01. The molecule has 2 unspecified atom stereocenters. The lowest BCUT2D eigenvalue weighted by Crippen LogP contribution is -2.32. The molecule has 2 atom stereocenters. The number of rotatable bonds is 5. The van der Waals surface area contributed by atoms with E-state index in [1.165, 1.54) is 19.3 Å². The maximum atomic E-state index is 11.7. The molecule has 2 nitrogen and oxygen atoms in total. The van der Waals surface area contributed by atoms with E-state index in [1.54, 1.807) is 11.3 Å². The van der Waals surface area contributed by atoms with Crippen LogP contribution in [0, 0.1) is 11.8 Å². The molecule has 1 aliphatic carbocycles. The first-order valence-corrected chi connectivity index (χ1v) is 7.56. The molecular formula is C13H18ClNOS. The quantitative estimate of drug-likeness (QED) is 0.820. The molecule has 1 amide bonds. The molecule has 0 bridgehead atoms. The minimum Gasteiger partial charge on any atom is -0.356 e. The lowest BCUT2D eigenvalue weighted by molar-refractivity contribution is -0.120. The maximum Gasteiger partial charge on any atom is 0.225 e. The van der Waals surface area contributed by atoms with E-state index in [0.717, 1.165) is 17.3 Å². The summed E-state index contributed by atoms with van der Waals surface area (Å²) in [5.74, 6) is 2.04. The Morgan fingerprint density at radius 1 is 1.47 bits per heavy atom. The SMILES string of the molecule is O=C(Cc1cccs1)NCC1CCCC1CCl. The topological polar surface area (TPSA) is 29.1 Å². The third kappa shape index (κ3) is 3.71. The first kappa shape index (κ1) is 12.9. The Balaban J connectivity index is 1.72. The van der Waals surface area contributed by atoms with Crippen LogP contribution in [0.3, 0.4) is 0 Å². The van der Waals surface area contributed by atoms with Crippen LogP contribution in [0.1, 0.15) is 24.1 Å². The van der Waals surface area contributed by atoms with Gasteiger partial charge in [-0.15, -0.1) is 22.9 Å². The highest BCUT2D eigenvalue weighted by molar-refractivity contribution is 7.10. The van der Waals surface area contributed by atoms with E-state index in [0.29, 0.717) is 18.3 Å². The normalized spacial score (nSPS) is 23.8. The Bertz CT molecular complexity index is 352. The summed E-state index contributed by atoms with van der Waals surface area (Å²) >= 11 is 7.55. The maximum absolute atomic E-state index is 11.7. The molecule has 0 saturated heterocycles. The highest BCUT2D eigenvalue weighted by Crippen LogP contribution is 2.31. The molecule has 1 N–H and O–H groups in total. The van der Waals surface area contributed by atoms with Crippen LogP contribution in [0.2, 0.25) is 0 Å². The second-order valence-electron chi connectivity index (χ2n) is 4.67. The van der Waals surface area contributed by atoms with Crippen molar-refractivity contribution < 1.29 is 4.79 Å². The van der Waals surface area contributed by atoms with Crippen LogP contribution in [0.4, 0.5) is 0 Å². The zero-order valence-corrected chi connectivity index (χ0v) is 11.4. The average molecular weight is 272 g/mol. The van der Waals surface area contributed by atoms with Gasteiger partial charge in [0, 0.05) is 17.3 Å². The van der Waals surface area contributed by atoms with Crippen LogP contribution < -0.4 is 5.32 Å². The van der Waals surface area contributed by atoms with Crippen LogP contribution in [0.25, 0.3) is 0 Å². The Kier molecular flexibility index (Phi) is 4.86. The molecule has 0 aromatic carbocycles. The number of alkyl halides is 1. The predicted molar refractivity (Wildman–Crippen MR) is 72.6 cm³/mol. The number of thiophene rings is 1. The molecule has 1 heterocycles. The molecular weight excluding hydrogens is 254 g/mol. The van der Waals surface area contributed by atoms with Crippen LogP contribution in [-0.4, -0.2) is 18.3 Å². The third-order valence-electron chi connectivity index (χ3n) is 3.49. The van der Waals surface area contributed by atoms with Crippen molar-refractivity contribution in [3.05, 3.63) is 22.4 Å². The monoisotopic (exact) mass is 271 g/mol. The van der Waals surface area contributed by atoms with E-state index in [4.69, 9.17) is 11.6 Å². The molecule has 1 aromatic rings. The fourth-order valence-electron chi connectivity index (χ4n) is 2.46. The lowest BCUT2D eigenvalue weighted by atomic mass is 9.98. The van der Waals surface area contributed by atoms with Gasteiger partial charge in [0.25, 0.3) is 0 Å². The number of carbonyl (C=O) groups excluding carboxylic acids is 1. The summed E-state index contributed by atoms with van der Waals surface area (Å²) in [5, 5.41) is 5.04. The van der Waals surface area contributed by atoms with Gasteiger partial charge in [0.15, 0.2) is 0 Å². The average Bonchev–Trinajstić information content (AvgIpc) is 2.96. The minimum absolute atomic E-state index is 0.132. The smallest absolute Gasteiger partial charge is 0.225 e. The molecule has 1 saturated carbocycles. The summed E-state index contributed by atoms with van der Waals surface area (Å²) < 4.78 is 0. The van der Waals surface area contributed by atoms with Gasteiger partial charge in [0.05, 0.1) is 6.42 Å². The van der Waals surface area contributed by atoms with Gasteiger partial charge in [0.1, 0.15) is 0 Å². The number of halogens is 1. The summed E-state index contributed by atoms with van der Waals surface area (Å²) in [6.07, 6.45) is 4.18. The molecule has 1 fully saturated rings. The molecule has 0 aliphatic heterocycles. The van der Waals surface area contributed by atoms with Crippen molar-refractivity contribution in [3.63, 3.8) is 0 Å². The van der Waals surface area contributed by atoms with Crippen molar-refractivity contribution in [2.24, 2.45) is 11.8 Å². The van der Waals surface area contributed by atoms with Crippen molar-refractivity contribution in [1.82, 2.24) is 5.32 Å². The number of amides is 1. The molecule has 4 heteroatoms. The van der Waals surface area contributed by atoms with Gasteiger partial charge < -0.3 is 5.32 Å². The van der Waals surface area contributed by atoms with Crippen molar-refractivity contribution in [3.8, 4) is 0 Å². The minimum atomic E-state index is 0.132. The van der Waals surface area contributed by atoms with Crippen molar-refractivity contribution in [2.45, 2.75) is 25.7 Å². The molecule has 1 aromatic heterocycles. The van der Waals surface area contributed by atoms with Crippen molar-refractivity contribution >= 4 is 28.8 Å². The summed E-state index contributed by atoms with van der Waals surface area (Å²) in [4.78, 5) is 12.9. The number of nitrogens with one attached hydrogen (secondary N) is 1. The van der Waals surface area contributed by atoms with E-state index in [1.807, 2.05) is 17.5 Å². The van der Waals surface area contributed by atoms with Crippen LogP contribution in [0.5, 0.6) is 0 Å². The fourth-order valence-corrected chi connectivity index (χ4v) is 3.57. The highest BCUT2D eigenvalue weighted by atomic mass is 35.5. The van der Waals surface area contributed by atoms with Gasteiger partial charge in [-0.3, -0.25) is 4.79 Å². The Hall–Kier alpha value is -0.540. The fraction of sp³-hybridized carbons (Fsp3) is 0.615. The Morgan fingerprint density at radius 3 is 3.00 bits per heavy atom. The molecule has 17 heavy (non-hydrogen) atoms.